The molecule has 1 saturated carbocycles. The van der Waals surface area contributed by atoms with Crippen molar-refractivity contribution in [2.75, 3.05) is 24.2 Å². The molecule has 1 saturated heterocycles. The Morgan fingerprint density at radius 1 is 1.31 bits per heavy atom. The fourth-order valence-corrected chi connectivity index (χ4v) is 6.59. The summed E-state index contributed by atoms with van der Waals surface area (Å²) in [6.45, 7) is 6.39. The van der Waals surface area contributed by atoms with Gasteiger partial charge < -0.3 is 9.64 Å². The van der Waals surface area contributed by atoms with Crippen LogP contribution in [0.15, 0.2) is 30.4 Å². The van der Waals surface area contributed by atoms with E-state index in [1.165, 1.54) is 6.26 Å². The van der Waals surface area contributed by atoms with Crippen LogP contribution >= 0.6 is 0 Å². The molecule has 0 N–H and O–H groups in total. The topological polar surface area (TPSA) is 66.9 Å². The third-order valence-electron chi connectivity index (χ3n) is 6.28. The maximum absolute atomic E-state index is 12.7. The Bertz CT molecular complexity index is 910. The Labute approximate surface area is 154 Å². The molecular weight excluding hydrogens is 352 g/mol. The number of hydrogen-bond donors (Lipinski definition) is 0. The van der Waals surface area contributed by atoms with Gasteiger partial charge in [0.1, 0.15) is 5.75 Å². The molecule has 2 fully saturated rings. The van der Waals surface area contributed by atoms with Crippen LogP contribution in [0.1, 0.15) is 31.7 Å². The van der Waals surface area contributed by atoms with E-state index in [-0.39, 0.29) is 23.4 Å². The van der Waals surface area contributed by atoms with Crippen LogP contribution in [0.4, 0.5) is 5.69 Å². The molecule has 2 aliphatic heterocycles. The number of ether oxygens (including phenoxy) is 1. The summed E-state index contributed by atoms with van der Waals surface area (Å²) in [5.74, 6) is 0.664. The summed E-state index contributed by atoms with van der Waals surface area (Å²) in [5.41, 5.74) is 2.31. The number of carbonyl (C=O) groups excluding carboxylic acids is 1. The van der Waals surface area contributed by atoms with E-state index in [0.717, 1.165) is 24.0 Å². The van der Waals surface area contributed by atoms with Crippen LogP contribution in [-0.2, 0) is 20.2 Å². The number of carbonyl (C=O) groups is 1. The van der Waals surface area contributed by atoms with E-state index in [0.29, 0.717) is 24.4 Å². The van der Waals surface area contributed by atoms with E-state index in [2.05, 4.69) is 6.58 Å². The van der Waals surface area contributed by atoms with Crippen molar-refractivity contribution in [1.29, 1.82) is 0 Å². The molecular formula is C19H24N2O4S. The molecule has 3 aliphatic rings. The minimum absolute atomic E-state index is 0.0354. The predicted octanol–water partition coefficient (Wildman–Crippen LogP) is 2.05. The van der Waals surface area contributed by atoms with E-state index in [4.69, 9.17) is 4.74 Å². The van der Waals surface area contributed by atoms with Gasteiger partial charge in [-0.2, -0.15) is 0 Å². The Hall–Kier alpha value is -2.02. The van der Waals surface area contributed by atoms with Crippen molar-refractivity contribution in [1.82, 2.24) is 4.90 Å². The van der Waals surface area contributed by atoms with Crippen LogP contribution < -0.4 is 9.04 Å². The average Bonchev–Trinajstić information content (AvgIpc) is 3.06. The molecule has 7 heteroatoms. The summed E-state index contributed by atoms with van der Waals surface area (Å²) < 4.78 is 32.4. The lowest BCUT2D eigenvalue weighted by Gasteiger charge is -2.46. The number of nitrogens with zero attached hydrogens (tertiary/aromatic N) is 2. The highest BCUT2D eigenvalue weighted by atomic mass is 32.2. The SMILES string of the molecule is C=C1C[C@@H]2N(C(C)=O)CC[C@@]23c2ccc(OC)cc2N(S(C)(=O)=O)[C@H]3C1. The smallest absolute Gasteiger partial charge is 0.232 e. The van der Waals surface area contributed by atoms with Gasteiger partial charge in [0.2, 0.25) is 15.9 Å². The summed E-state index contributed by atoms with van der Waals surface area (Å²) in [4.78, 5) is 14.1. The molecule has 2 heterocycles. The van der Waals surface area contributed by atoms with Crippen molar-refractivity contribution in [2.24, 2.45) is 0 Å². The number of anilines is 1. The molecule has 1 spiro atoms. The highest BCUT2D eigenvalue weighted by Crippen LogP contribution is 2.59. The number of benzene rings is 1. The quantitative estimate of drug-likeness (QED) is 0.741. The Balaban J connectivity index is 1.98. The largest absolute Gasteiger partial charge is 0.497 e. The van der Waals surface area contributed by atoms with Gasteiger partial charge in [0.15, 0.2) is 0 Å². The third kappa shape index (κ3) is 2.16. The van der Waals surface area contributed by atoms with Crippen molar-refractivity contribution in [3.8, 4) is 5.75 Å². The van der Waals surface area contributed by atoms with Crippen LogP contribution in [-0.4, -0.2) is 51.2 Å². The molecule has 140 valence electrons. The van der Waals surface area contributed by atoms with Crippen LogP contribution in [0.25, 0.3) is 0 Å². The first kappa shape index (κ1) is 17.4. The maximum Gasteiger partial charge on any atom is 0.232 e. The first-order valence-electron chi connectivity index (χ1n) is 8.82. The lowest BCUT2D eigenvalue weighted by atomic mass is 9.64. The summed E-state index contributed by atoms with van der Waals surface area (Å²) in [7, 11) is -1.91. The van der Waals surface area contributed by atoms with E-state index >= 15 is 0 Å². The third-order valence-corrected chi connectivity index (χ3v) is 7.45. The minimum Gasteiger partial charge on any atom is -0.497 e. The van der Waals surface area contributed by atoms with Crippen molar-refractivity contribution in [2.45, 2.75) is 43.7 Å². The lowest BCUT2D eigenvalue weighted by molar-refractivity contribution is -0.130. The Morgan fingerprint density at radius 2 is 2.00 bits per heavy atom. The van der Waals surface area contributed by atoms with Gasteiger partial charge in [0, 0.05) is 31.0 Å². The van der Waals surface area contributed by atoms with Gasteiger partial charge in [-0.05, 0) is 30.9 Å². The zero-order chi connectivity index (χ0) is 18.9. The standard InChI is InChI=1S/C19H24N2O4S/c1-12-9-17-19(7-8-20(17)13(2)22)15-6-5-14(25-3)11-16(15)21(18(19)10-12)26(4,23)24/h5-6,11,17-18H,1,7-10H2,2-4H3/t17-,18-,19+/m0/s1. The summed E-state index contributed by atoms with van der Waals surface area (Å²) in [6, 6.07) is 5.38. The molecule has 3 atom stereocenters. The van der Waals surface area contributed by atoms with Crippen molar-refractivity contribution < 1.29 is 17.9 Å². The average molecular weight is 376 g/mol. The summed E-state index contributed by atoms with van der Waals surface area (Å²) >= 11 is 0. The van der Waals surface area contributed by atoms with Crippen molar-refractivity contribution >= 4 is 21.6 Å². The molecule has 4 rings (SSSR count). The van der Waals surface area contributed by atoms with Crippen molar-refractivity contribution in [3.63, 3.8) is 0 Å². The molecule has 0 aromatic heterocycles. The zero-order valence-electron chi connectivity index (χ0n) is 15.4. The maximum atomic E-state index is 12.7. The fraction of sp³-hybridized carbons (Fsp3) is 0.526. The van der Waals surface area contributed by atoms with Crippen LogP contribution in [0.3, 0.4) is 0 Å². The number of amides is 1. The zero-order valence-corrected chi connectivity index (χ0v) is 16.2. The number of rotatable bonds is 2. The molecule has 1 aromatic carbocycles. The second-order valence-corrected chi connectivity index (χ2v) is 9.49. The molecule has 0 radical (unpaired) electrons. The number of hydrogen-bond acceptors (Lipinski definition) is 4. The van der Waals surface area contributed by atoms with Crippen molar-refractivity contribution in [3.05, 3.63) is 35.9 Å². The second-order valence-electron chi connectivity index (χ2n) is 7.63. The Kier molecular flexibility index (Phi) is 3.67. The van der Waals surface area contributed by atoms with Gasteiger partial charge in [0.25, 0.3) is 0 Å². The van der Waals surface area contributed by atoms with E-state index in [9.17, 15) is 13.2 Å². The number of fused-ring (bicyclic) bond motifs is 1. The van der Waals surface area contributed by atoms with E-state index < -0.39 is 10.0 Å². The van der Waals surface area contributed by atoms with Crippen LogP contribution in [0.5, 0.6) is 5.75 Å². The summed E-state index contributed by atoms with van der Waals surface area (Å²) in [6.07, 6.45) is 3.35. The van der Waals surface area contributed by atoms with Crippen LogP contribution in [0, 0.1) is 0 Å². The van der Waals surface area contributed by atoms with Crippen LogP contribution in [0.2, 0.25) is 0 Å². The molecule has 1 aliphatic carbocycles. The number of methoxy groups -OCH3 is 1. The molecule has 26 heavy (non-hydrogen) atoms. The molecule has 1 aromatic rings. The predicted molar refractivity (Wildman–Crippen MR) is 99.9 cm³/mol. The first-order valence-corrected chi connectivity index (χ1v) is 10.7. The van der Waals surface area contributed by atoms with E-state index in [1.807, 2.05) is 17.0 Å². The highest BCUT2D eigenvalue weighted by Gasteiger charge is 2.63. The molecule has 0 unspecified atom stereocenters. The molecule has 1 amide bonds. The fourth-order valence-electron chi connectivity index (χ4n) is 5.35. The highest BCUT2D eigenvalue weighted by molar-refractivity contribution is 7.92. The van der Waals surface area contributed by atoms with Gasteiger partial charge in [-0.1, -0.05) is 18.2 Å². The normalized spacial score (nSPS) is 30.0. The lowest BCUT2D eigenvalue weighted by Crippen LogP contribution is -2.57. The van der Waals surface area contributed by atoms with Gasteiger partial charge >= 0.3 is 0 Å². The van der Waals surface area contributed by atoms with Gasteiger partial charge in [-0.15, -0.1) is 0 Å². The second kappa shape index (κ2) is 5.49. The Morgan fingerprint density at radius 3 is 2.62 bits per heavy atom. The van der Waals surface area contributed by atoms with Gasteiger partial charge in [-0.3, -0.25) is 9.10 Å². The summed E-state index contributed by atoms with van der Waals surface area (Å²) in [5, 5.41) is 0. The number of sulfonamides is 1. The number of likely N-dealkylation sites (tertiary alicyclic amines) is 1. The van der Waals surface area contributed by atoms with Gasteiger partial charge in [-0.25, -0.2) is 8.42 Å². The van der Waals surface area contributed by atoms with Gasteiger partial charge in [0.05, 0.1) is 25.1 Å². The first-order chi connectivity index (χ1) is 12.2. The monoisotopic (exact) mass is 376 g/mol. The molecule has 0 bridgehead atoms. The minimum atomic E-state index is -3.48. The van der Waals surface area contributed by atoms with E-state index in [1.54, 1.807) is 24.4 Å². The molecule has 6 nitrogen and oxygen atoms in total.